The highest BCUT2D eigenvalue weighted by Crippen LogP contribution is 2.20. The summed E-state index contributed by atoms with van der Waals surface area (Å²) in [7, 11) is 0. The standard InChI is InChI=1S/C19H14ClF3N4O3/c20-11-5-3-10(4-6-11)14-8-13(18(29)25-15(16(21)22)17(23)28)19(30)27(26-14)12-2-1-7-24-9-12/h1-9,15-17,28H,(H,25,29). The normalized spacial score (nSPS) is 13.1. The minimum atomic E-state index is -3.40. The molecule has 2 heterocycles. The fourth-order valence-electron chi connectivity index (χ4n) is 2.55. The fourth-order valence-corrected chi connectivity index (χ4v) is 2.68. The van der Waals surface area contributed by atoms with E-state index in [9.17, 15) is 22.8 Å². The highest BCUT2D eigenvalue weighted by atomic mass is 35.5. The molecule has 0 aliphatic heterocycles. The fraction of sp³-hybridized carbons (Fsp3) is 0.158. The number of amides is 1. The molecule has 1 aromatic carbocycles. The zero-order valence-electron chi connectivity index (χ0n) is 15.0. The van der Waals surface area contributed by atoms with E-state index in [1.807, 2.05) is 0 Å². The van der Waals surface area contributed by atoms with Crippen molar-refractivity contribution in [3.63, 3.8) is 0 Å². The van der Waals surface area contributed by atoms with E-state index in [2.05, 4.69) is 10.1 Å². The zero-order valence-corrected chi connectivity index (χ0v) is 15.8. The van der Waals surface area contributed by atoms with Gasteiger partial charge in [-0.1, -0.05) is 23.7 Å². The van der Waals surface area contributed by atoms with Gasteiger partial charge in [-0.15, -0.1) is 0 Å². The predicted molar refractivity (Wildman–Crippen MR) is 102 cm³/mol. The number of pyridine rings is 1. The maximum Gasteiger partial charge on any atom is 0.284 e. The van der Waals surface area contributed by atoms with Crippen molar-refractivity contribution in [3.05, 3.63) is 75.8 Å². The lowest BCUT2D eigenvalue weighted by molar-refractivity contribution is -0.0481. The molecule has 2 aromatic heterocycles. The third-order valence-corrected chi connectivity index (χ3v) is 4.30. The molecule has 0 bridgehead atoms. The minimum Gasteiger partial charge on any atom is -0.362 e. The van der Waals surface area contributed by atoms with Gasteiger partial charge in [0.25, 0.3) is 17.9 Å². The van der Waals surface area contributed by atoms with Gasteiger partial charge in [-0.2, -0.15) is 9.78 Å². The van der Waals surface area contributed by atoms with Crippen LogP contribution in [0.5, 0.6) is 0 Å². The van der Waals surface area contributed by atoms with Crippen LogP contribution in [0.25, 0.3) is 16.9 Å². The summed E-state index contributed by atoms with van der Waals surface area (Å²) in [4.78, 5) is 29.2. The Kier molecular flexibility index (Phi) is 6.48. The number of hydrogen-bond donors (Lipinski definition) is 2. The van der Waals surface area contributed by atoms with Crippen molar-refractivity contribution in [1.29, 1.82) is 0 Å². The van der Waals surface area contributed by atoms with Crippen molar-refractivity contribution in [3.8, 4) is 16.9 Å². The average Bonchev–Trinajstić information content (AvgIpc) is 2.72. The number of benzene rings is 1. The van der Waals surface area contributed by atoms with Crippen molar-refractivity contribution in [2.45, 2.75) is 18.8 Å². The first-order valence-electron chi connectivity index (χ1n) is 8.50. The number of nitrogens with zero attached hydrogens (tertiary/aromatic N) is 3. The molecule has 3 rings (SSSR count). The van der Waals surface area contributed by atoms with Gasteiger partial charge in [-0.3, -0.25) is 14.6 Å². The van der Waals surface area contributed by atoms with Gasteiger partial charge in [0, 0.05) is 16.8 Å². The lowest BCUT2D eigenvalue weighted by atomic mass is 10.1. The van der Waals surface area contributed by atoms with E-state index < -0.39 is 35.9 Å². The van der Waals surface area contributed by atoms with Gasteiger partial charge in [-0.25, -0.2) is 13.2 Å². The smallest absolute Gasteiger partial charge is 0.284 e. The molecule has 30 heavy (non-hydrogen) atoms. The van der Waals surface area contributed by atoms with Crippen molar-refractivity contribution < 1.29 is 23.1 Å². The molecule has 2 atom stereocenters. The van der Waals surface area contributed by atoms with E-state index in [1.54, 1.807) is 29.6 Å². The van der Waals surface area contributed by atoms with Crippen LogP contribution in [0.15, 0.2) is 59.7 Å². The quantitative estimate of drug-likeness (QED) is 0.616. The van der Waals surface area contributed by atoms with E-state index >= 15 is 0 Å². The number of rotatable bonds is 6. The van der Waals surface area contributed by atoms with Crippen LogP contribution >= 0.6 is 11.6 Å². The van der Waals surface area contributed by atoms with Gasteiger partial charge >= 0.3 is 0 Å². The Bertz CT molecular complexity index is 1080. The number of halogens is 4. The number of alkyl halides is 3. The Labute approximate surface area is 172 Å². The highest BCUT2D eigenvalue weighted by Gasteiger charge is 2.31. The maximum atomic E-state index is 13.1. The van der Waals surface area contributed by atoms with Crippen LogP contribution < -0.4 is 10.9 Å². The molecule has 3 aromatic rings. The van der Waals surface area contributed by atoms with Crippen LogP contribution in [0.1, 0.15) is 10.4 Å². The van der Waals surface area contributed by atoms with E-state index in [0.717, 1.165) is 10.7 Å². The van der Waals surface area contributed by atoms with Crippen LogP contribution in [0.3, 0.4) is 0 Å². The van der Waals surface area contributed by atoms with Crippen LogP contribution in [-0.2, 0) is 0 Å². The summed E-state index contributed by atoms with van der Waals surface area (Å²) in [6, 6.07) is 7.90. The number of aliphatic hydroxyl groups is 1. The van der Waals surface area contributed by atoms with Gasteiger partial charge in [0.05, 0.1) is 17.6 Å². The van der Waals surface area contributed by atoms with Gasteiger partial charge in [-0.05, 0) is 30.3 Å². The molecule has 0 spiro atoms. The second-order valence-electron chi connectivity index (χ2n) is 6.08. The molecule has 0 saturated heterocycles. The van der Waals surface area contributed by atoms with E-state index in [4.69, 9.17) is 16.7 Å². The van der Waals surface area contributed by atoms with Crippen molar-refractivity contribution >= 4 is 17.5 Å². The van der Waals surface area contributed by atoms with E-state index in [1.165, 1.54) is 24.5 Å². The molecule has 0 saturated carbocycles. The molecule has 1 amide bonds. The highest BCUT2D eigenvalue weighted by molar-refractivity contribution is 6.30. The molecule has 11 heteroatoms. The third kappa shape index (κ3) is 4.66. The minimum absolute atomic E-state index is 0.148. The second kappa shape index (κ2) is 9.06. The third-order valence-electron chi connectivity index (χ3n) is 4.05. The largest absolute Gasteiger partial charge is 0.362 e. The number of aromatic nitrogens is 3. The summed E-state index contributed by atoms with van der Waals surface area (Å²) in [5.41, 5.74) is -0.690. The number of carbonyl (C=O) groups excluding carboxylic acids is 1. The number of nitrogens with one attached hydrogen (secondary N) is 1. The van der Waals surface area contributed by atoms with Gasteiger partial charge in [0.15, 0.2) is 0 Å². The number of hydrogen-bond acceptors (Lipinski definition) is 5. The molecule has 2 N–H and O–H groups in total. The molecule has 0 aliphatic carbocycles. The maximum absolute atomic E-state index is 13.1. The van der Waals surface area contributed by atoms with Crippen LogP contribution in [0.4, 0.5) is 13.2 Å². The molecule has 0 radical (unpaired) electrons. The summed E-state index contributed by atoms with van der Waals surface area (Å²) in [6.45, 7) is 0. The van der Waals surface area contributed by atoms with Gasteiger partial charge in [0.1, 0.15) is 11.6 Å². The SMILES string of the molecule is O=C(NC(C(O)F)C(F)F)c1cc(-c2ccc(Cl)cc2)nn(-c2cccnc2)c1=O. The number of aliphatic hydroxyl groups excluding tert-OH is 1. The average molecular weight is 439 g/mol. The Morgan fingerprint density at radius 3 is 2.43 bits per heavy atom. The molecule has 0 fully saturated rings. The first kappa shape index (κ1) is 21.5. The first-order valence-corrected chi connectivity index (χ1v) is 8.87. The predicted octanol–water partition coefficient (Wildman–Crippen LogP) is 2.60. The first-order chi connectivity index (χ1) is 14.3. The molecule has 7 nitrogen and oxygen atoms in total. The Balaban J connectivity index is 2.14. The summed E-state index contributed by atoms with van der Waals surface area (Å²) >= 11 is 5.87. The van der Waals surface area contributed by atoms with Crippen molar-refractivity contribution in [2.24, 2.45) is 0 Å². The zero-order chi connectivity index (χ0) is 21.8. The van der Waals surface area contributed by atoms with Crippen molar-refractivity contribution in [1.82, 2.24) is 20.1 Å². The summed E-state index contributed by atoms with van der Waals surface area (Å²) in [6.07, 6.45) is -3.64. The van der Waals surface area contributed by atoms with E-state index in [-0.39, 0.29) is 11.4 Å². The monoisotopic (exact) mass is 438 g/mol. The topological polar surface area (TPSA) is 97.1 Å². The molecular weight excluding hydrogens is 425 g/mol. The Morgan fingerprint density at radius 1 is 1.17 bits per heavy atom. The van der Waals surface area contributed by atoms with E-state index in [0.29, 0.717) is 10.6 Å². The van der Waals surface area contributed by atoms with Gasteiger partial charge in [0.2, 0.25) is 6.36 Å². The van der Waals surface area contributed by atoms with Crippen LogP contribution in [-0.4, -0.2) is 44.6 Å². The summed E-state index contributed by atoms with van der Waals surface area (Å²) < 4.78 is 39.8. The lowest BCUT2D eigenvalue weighted by Crippen LogP contribution is -2.48. The number of carbonyl (C=O) groups is 1. The van der Waals surface area contributed by atoms with Crippen LogP contribution in [0.2, 0.25) is 5.02 Å². The lowest BCUT2D eigenvalue weighted by Gasteiger charge is -2.18. The molecule has 156 valence electrons. The van der Waals surface area contributed by atoms with Gasteiger partial charge < -0.3 is 10.4 Å². The Hall–Kier alpha value is -3.24. The van der Waals surface area contributed by atoms with Crippen molar-refractivity contribution in [2.75, 3.05) is 0 Å². The Morgan fingerprint density at radius 2 is 1.87 bits per heavy atom. The summed E-state index contributed by atoms with van der Waals surface area (Å²) in [5, 5.41) is 15.2. The second-order valence-corrected chi connectivity index (χ2v) is 6.52. The molecule has 2 unspecified atom stereocenters. The molecule has 0 aliphatic rings. The van der Waals surface area contributed by atoms with Crippen LogP contribution in [0, 0.1) is 0 Å². The molecular formula is C19H14ClF3N4O3. The summed E-state index contributed by atoms with van der Waals surface area (Å²) in [5.74, 6) is -1.29.